The third kappa shape index (κ3) is 9.34. The van der Waals surface area contributed by atoms with Crippen LogP contribution in [0.5, 0.6) is 0 Å². The van der Waals surface area contributed by atoms with Gasteiger partial charge in [-0.15, -0.1) is 0 Å². The van der Waals surface area contributed by atoms with Gasteiger partial charge in [-0.05, 0) is 55.9 Å². The first-order valence-corrected chi connectivity index (χ1v) is 15.2. The zero-order chi connectivity index (χ0) is 27.4. The third-order valence-corrected chi connectivity index (χ3v) is 7.95. The van der Waals surface area contributed by atoms with Crippen LogP contribution in [0.15, 0.2) is 48.5 Å². The molecule has 0 saturated carbocycles. The summed E-state index contributed by atoms with van der Waals surface area (Å²) in [5.41, 5.74) is 2.26. The highest BCUT2D eigenvalue weighted by molar-refractivity contribution is 7.92. The van der Waals surface area contributed by atoms with E-state index >= 15 is 0 Å². The summed E-state index contributed by atoms with van der Waals surface area (Å²) in [6.07, 6.45) is 4.56. The molecular formula is C28H40ClN3O4S. The van der Waals surface area contributed by atoms with E-state index in [-0.39, 0.29) is 24.8 Å². The molecule has 9 heteroatoms. The minimum Gasteiger partial charge on any atom is -0.354 e. The van der Waals surface area contributed by atoms with Crippen LogP contribution in [0.25, 0.3) is 0 Å². The number of halogens is 1. The van der Waals surface area contributed by atoms with Crippen LogP contribution >= 0.6 is 11.6 Å². The Morgan fingerprint density at radius 2 is 1.70 bits per heavy atom. The Bertz CT molecular complexity index is 1130. The Hall–Kier alpha value is -2.58. The smallest absolute Gasteiger partial charge is 0.242 e. The largest absolute Gasteiger partial charge is 0.354 e. The molecule has 0 aliphatic heterocycles. The van der Waals surface area contributed by atoms with Crippen LogP contribution in [0.2, 0.25) is 5.02 Å². The van der Waals surface area contributed by atoms with Gasteiger partial charge >= 0.3 is 0 Å². The number of sulfonamides is 1. The topological polar surface area (TPSA) is 86.8 Å². The van der Waals surface area contributed by atoms with Crippen LogP contribution in [-0.4, -0.2) is 57.1 Å². The van der Waals surface area contributed by atoms with E-state index < -0.39 is 16.1 Å². The molecule has 0 bridgehead atoms. The van der Waals surface area contributed by atoms with Gasteiger partial charge in [-0.1, -0.05) is 68.3 Å². The van der Waals surface area contributed by atoms with Crippen LogP contribution in [0.3, 0.4) is 0 Å². The fourth-order valence-electron chi connectivity index (χ4n) is 4.25. The molecule has 0 radical (unpaired) electrons. The monoisotopic (exact) mass is 549 g/mol. The van der Waals surface area contributed by atoms with Crippen LogP contribution in [0.4, 0.5) is 5.69 Å². The first kappa shape index (κ1) is 30.6. The van der Waals surface area contributed by atoms with Crippen molar-refractivity contribution in [2.24, 2.45) is 0 Å². The number of carbonyl (C=O) groups excluding carboxylic acids is 2. The third-order valence-electron chi connectivity index (χ3n) is 6.36. The molecule has 1 unspecified atom stereocenters. The number of hydrogen-bond acceptors (Lipinski definition) is 4. The zero-order valence-electron chi connectivity index (χ0n) is 22.4. The Labute approximate surface area is 227 Å². The number of unbranched alkanes of at least 4 members (excludes halogenated alkanes) is 1. The molecule has 0 aliphatic rings. The maximum Gasteiger partial charge on any atom is 0.242 e. The van der Waals surface area contributed by atoms with Crippen molar-refractivity contribution in [1.82, 2.24) is 10.2 Å². The maximum atomic E-state index is 13.4. The lowest BCUT2D eigenvalue weighted by Crippen LogP contribution is -2.50. The second kappa shape index (κ2) is 15.0. The van der Waals surface area contributed by atoms with Gasteiger partial charge in [-0.2, -0.15) is 0 Å². The molecule has 0 saturated heterocycles. The highest BCUT2D eigenvalue weighted by Gasteiger charge is 2.28. The molecule has 2 amide bonds. The summed E-state index contributed by atoms with van der Waals surface area (Å²) in [7, 11) is -3.58. The first-order chi connectivity index (χ1) is 17.6. The van der Waals surface area contributed by atoms with Crippen molar-refractivity contribution in [3.8, 4) is 0 Å². The number of benzene rings is 2. The minimum absolute atomic E-state index is 0.124. The Morgan fingerprint density at radius 1 is 1.00 bits per heavy atom. The van der Waals surface area contributed by atoms with Gasteiger partial charge in [0.05, 0.1) is 11.9 Å². The van der Waals surface area contributed by atoms with E-state index in [4.69, 9.17) is 11.6 Å². The lowest BCUT2D eigenvalue weighted by atomic mass is 10.1. The summed E-state index contributed by atoms with van der Waals surface area (Å²) in [5, 5.41) is 3.44. The maximum absolute atomic E-state index is 13.4. The molecule has 2 aromatic carbocycles. The van der Waals surface area contributed by atoms with Crippen molar-refractivity contribution >= 4 is 39.1 Å². The predicted molar refractivity (Wildman–Crippen MR) is 151 cm³/mol. The molecule has 2 rings (SSSR count). The zero-order valence-corrected chi connectivity index (χ0v) is 23.9. The fourth-order valence-corrected chi connectivity index (χ4v) is 5.44. The molecule has 0 spiro atoms. The van der Waals surface area contributed by atoms with Gasteiger partial charge in [0, 0.05) is 31.1 Å². The van der Waals surface area contributed by atoms with Crippen molar-refractivity contribution in [2.75, 3.05) is 30.2 Å². The highest BCUT2D eigenvalue weighted by Crippen LogP contribution is 2.28. The number of nitrogens with one attached hydrogen (secondary N) is 1. The summed E-state index contributed by atoms with van der Waals surface area (Å²) >= 11 is 6.23. The number of anilines is 1. The second-order valence-corrected chi connectivity index (χ2v) is 11.5. The quantitative estimate of drug-likeness (QED) is 0.318. The molecule has 7 nitrogen and oxygen atoms in total. The van der Waals surface area contributed by atoms with Crippen LogP contribution in [0.1, 0.15) is 57.1 Å². The predicted octanol–water partition coefficient (Wildman–Crippen LogP) is 4.96. The van der Waals surface area contributed by atoms with E-state index in [1.807, 2.05) is 37.3 Å². The number of carbonyl (C=O) groups is 2. The van der Waals surface area contributed by atoms with E-state index in [1.54, 1.807) is 30.0 Å². The minimum atomic E-state index is -3.58. The summed E-state index contributed by atoms with van der Waals surface area (Å²) < 4.78 is 26.4. The SMILES string of the molecule is CCCCNC(=O)C(CC)N(CCc1ccccc1)C(=O)CCCN(c1cccc(Cl)c1C)S(C)(=O)=O. The number of hydrogen-bond donors (Lipinski definition) is 1. The van der Waals surface area contributed by atoms with Crippen molar-refractivity contribution in [3.63, 3.8) is 0 Å². The van der Waals surface area contributed by atoms with E-state index in [9.17, 15) is 18.0 Å². The fraction of sp³-hybridized carbons (Fsp3) is 0.500. The van der Waals surface area contributed by atoms with E-state index in [1.165, 1.54) is 4.31 Å². The standard InChI is InChI=1S/C28H40ClN3O4S/c1-5-7-19-30-28(34)25(6-2)31(21-18-23-13-9-8-10-14-23)27(33)17-12-20-32(37(4,35)36)26-16-11-15-24(29)22(26)3/h8-11,13-16,25H,5-7,12,17-21H2,1-4H3,(H,30,34). The lowest BCUT2D eigenvalue weighted by Gasteiger charge is -2.31. The number of nitrogens with zero attached hydrogens (tertiary/aromatic N) is 2. The van der Waals surface area contributed by atoms with E-state index in [0.29, 0.717) is 48.6 Å². The van der Waals surface area contributed by atoms with Crippen LogP contribution < -0.4 is 9.62 Å². The van der Waals surface area contributed by atoms with Gasteiger partial charge < -0.3 is 10.2 Å². The van der Waals surface area contributed by atoms with Crippen molar-refractivity contribution in [3.05, 3.63) is 64.7 Å². The molecule has 1 atom stereocenters. The normalized spacial score (nSPS) is 12.1. The Balaban J connectivity index is 2.17. The lowest BCUT2D eigenvalue weighted by molar-refractivity contribution is -0.140. The van der Waals surface area contributed by atoms with Crippen molar-refractivity contribution in [1.29, 1.82) is 0 Å². The molecule has 2 aromatic rings. The van der Waals surface area contributed by atoms with Crippen molar-refractivity contribution in [2.45, 2.75) is 65.3 Å². The molecule has 0 heterocycles. The van der Waals surface area contributed by atoms with Gasteiger partial charge in [0.2, 0.25) is 21.8 Å². The van der Waals surface area contributed by atoms with Gasteiger partial charge in [0.1, 0.15) is 6.04 Å². The summed E-state index contributed by atoms with van der Waals surface area (Å²) in [6.45, 7) is 6.86. The molecular weight excluding hydrogens is 510 g/mol. The van der Waals surface area contributed by atoms with E-state index in [0.717, 1.165) is 24.7 Å². The molecule has 0 fully saturated rings. The average molecular weight is 550 g/mol. The summed E-state index contributed by atoms with van der Waals surface area (Å²) in [5.74, 6) is -0.311. The van der Waals surface area contributed by atoms with Crippen molar-refractivity contribution < 1.29 is 18.0 Å². The van der Waals surface area contributed by atoms with Gasteiger partial charge in [0.15, 0.2) is 0 Å². The van der Waals surface area contributed by atoms with Gasteiger partial charge in [-0.3, -0.25) is 13.9 Å². The van der Waals surface area contributed by atoms with Crippen LogP contribution in [0, 0.1) is 6.92 Å². The Kier molecular flexibility index (Phi) is 12.4. The number of rotatable bonds is 15. The molecule has 1 N–H and O–H groups in total. The molecule has 37 heavy (non-hydrogen) atoms. The molecule has 204 valence electrons. The van der Waals surface area contributed by atoms with Gasteiger partial charge in [0.25, 0.3) is 0 Å². The summed E-state index contributed by atoms with van der Waals surface area (Å²) in [4.78, 5) is 28.1. The van der Waals surface area contributed by atoms with Crippen LogP contribution in [-0.2, 0) is 26.0 Å². The highest BCUT2D eigenvalue weighted by atomic mass is 35.5. The van der Waals surface area contributed by atoms with Gasteiger partial charge in [-0.25, -0.2) is 8.42 Å². The van der Waals surface area contributed by atoms with E-state index in [2.05, 4.69) is 12.2 Å². The molecule has 0 aliphatic carbocycles. The average Bonchev–Trinajstić information content (AvgIpc) is 2.86. The second-order valence-electron chi connectivity index (χ2n) is 9.21. The Morgan fingerprint density at radius 3 is 2.32 bits per heavy atom. The number of amides is 2. The molecule has 0 aromatic heterocycles. The first-order valence-electron chi connectivity index (χ1n) is 12.9. The summed E-state index contributed by atoms with van der Waals surface area (Å²) in [6, 6.07) is 14.4.